The van der Waals surface area contributed by atoms with Crippen LogP contribution < -0.4 is 9.64 Å². The summed E-state index contributed by atoms with van der Waals surface area (Å²) in [5.74, 6) is 1.22. The lowest BCUT2D eigenvalue weighted by Crippen LogP contribution is -2.49. The van der Waals surface area contributed by atoms with Gasteiger partial charge in [-0.2, -0.15) is 4.31 Å². The molecule has 1 aromatic heterocycles. The van der Waals surface area contributed by atoms with Crippen LogP contribution in [-0.2, 0) is 10.0 Å². The van der Waals surface area contributed by atoms with Gasteiger partial charge in [0.25, 0.3) is 11.4 Å². The first-order chi connectivity index (χ1) is 17.1. The zero-order chi connectivity index (χ0) is 26.0. The van der Waals surface area contributed by atoms with Crippen LogP contribution in [0.1, 0.15) is 5.56 Å². The first-order valence-electron chi connectivity index (χ1n) is 10.8. The molecule has 2 heterocycles. The first kappa shape index (κ1) is 24.9. The van der Waals surface area contributed by atoms with Crippen molar-refractivity contribution >= 4 is 27.2 Å². The third-order valence-electron chi connectivity index (χ3n) is 5.95. The van der Waals surface area contributed by atoms with E-state index in [-0.39, 0.29) is 31.7 Å². The standard InChI is InChI=1S/C22H22N6O7S/c1-15-19(27(29)30)13-16(14-20(15)28(31)32)36(33,34)26-11-9-25(10-12-26)22-8-7-18(23-24-22)17-5-3-4-6-21(17)35-2/h3-8,13-14H,9-12H2,1-2H3. The molecule has 0 unspecified atom stereocenters. The molecule has 0 N–H and O–H groups in total. The number of nitro groups is 2. The van der Waals surface area contributed by atoms with Crippen molar-refractivity contribution in [3.05, 3.63) is 74.3 Å². The number of para-hydroxylation sites is 1. The number of aromatic nitrogens is 2. The number of methoxy groups -OCH3 is 1. The second-order valence-electron chi connectivity index (χ2n) is 7.97. The molecule has 0 spiro atoms. The smallest absolute Gasteiger partial charge is 0.280 e. The van der Waals surface area contributed by atoms with Crippen LogP contribution in [0, 0.1) is 27.2 Å². The minimum absolute atomic E-state index is 0.0632. The summed E-state index contributed by atoms with van der Waals surface area (Å²) in [6.45, 7) is 1.92. The molecule has 0 bridgehead atoms. The lowest BCUT2D eigenvalue weighted by atomic mass is 10.1. The predicted molar refractivity (Wildman–Crippen MR) is 129 cm³/mol. The number of sulfonamides is 1. The molecule has 36 heavy (non-hydrogen) atoms. The highest BCUT2D eigenvalue weighted by molar-refractivity contribution is 7.89. The van der Waals surface area contributed by atoms with Crippen LogP contribution >= 0.6 is 0 Å². The number of hydrogen-bond acceptors (Lipinski definition) is 10. The van der Waals surface area contributed by atoms with E-state index in [0.717, 1.165) is 22.0 Å². The second-order valence-corrected chi connectivity index (χ2v) is 9.91. The largest absolute Gasteiger partial charge is 0.496 e. The zero-order valence-corrected chi connectivity index (χ0v) is 20.2. The normalized spacial score (nSPS) is 14.4. The van der Waals surface area contributed by atoms with Crippen LogP contribution in [0.2, 0.25) is 0 Å². The molecule has 0 atom stereocenters. The van der Waals surface area contributed by atoms with Gasteiger partial charge < -0.3 is 9.64 Å². The van der Waals surface area contributed by atoms with Crippen molar-refractivity contribution in [2.45, 2.75) is 11.8 Å². The first-order valence-corrected chi connectivity index (χ1v) is 12.2. The van der Waals surface area contributed by atoms with E-state index in [1.807, 2.05) is 29.2 Å². The summed E-state index contributed by atoms with van der Waals surface area (Å²) in [6, 6.07) is 12.7. The average Bonchev–Trinajstić information content (AvgIpc) is 2.88. The lowest BCUT2D eigenvalue weighted by molar-refractivity contribution is -0.395. The van der Waals surface area contributed by atoms with Gasteiger partial charge in [0.05, 0.1) is 27.5 Å². The van der Waals surface area contributed by atoms with E-state index in [9.17, 15) is 28.6 Å². The third-order valence-corrected chi connectivity index (χ3v) is 7.83. The van der Waals surface area contributed by atoms with Gasteiger partial charge >= 0.3 is 0 Å². The molecule has 3 aromatic rings. The molecular formula is C22H22N6O7S. The van der Waals surface area contributed by atoms with Crippen LogP contribution in [0.3, 0.4) is 0 Å². The Balaban J connectivity index is 1.52. The Kier molecular flexibility index (Phi) is 6.81. The number of ether oxygens (including phenoxy) is 1. The lowest BCUT2D eigenvalue weighted by Gasteiger charge is -2.34. The fourth-order valence-corrected chi connectivity index (χ4v) is 5.45. The number of hydrogen-bond donors (Lipinski definition) is 0. The molecule has 4 rings (SSSR count). The Morgan fingerprint density at radius 2 is 1.53 bits per heavy atom. The van der Waals surface area contributed by atoms with Crippen molar-refractivity contribution in [2.24, 2.45) is 0 Å². The van der Waals surface area contributed by atoms with E-state index in [1.54, 1.807) is 19.2 Å². The number of nitro benzene ring substituents is 2. The Morgan fingerprint density at radius 3 is 2.06 bits per heavy atom. The highest BCUT2D eigenvalue weighted by atomic mass is 32.2. The van der Waals surface area contributed by atoms with Crippen molar-refractivity contribution in [1.82, 2.24) is 14.5 Å². The number of anilines is 1. The summed E-state index contributed by atoms with van der Waals surface area (Å²) in [5, 5.41) is 31.3. The molecule has 13 nitrogen and oxygen atoms in total. The summed E-state index contributed by atoms with van der Waals surface area (Å²) in [4.78, 5) is 22.4. The zero-order valence-electron chi connectivity index (χ0n) is 19.4. The summed E-state index contributed by atoms with van der Waals surface area (Å²) in [6.07, 6.45) is 0. The van der Waals surface area contributed by atoms with Gasteiger partial charge in [-0.3, -0.25) is 20.2 Å². The van der Waals surface area contributed by atoms with E-state index >= 15 is 0 Å². The van der Waals surface area contributed by atoms with Gasteiger partial charge in [-0.15, -0.1) is 10.2 Å². The topological polar surface area (TPSA) is 162 Å². The summed E-state index contributed by atoms with van der Waals surface area (Å²) in [5.41, 5.74) is -0.0289. The van der Waals surface area contributed by atoms with Gasteiger partial charge in [0.2, 0.25) is 10.0 Å². The molecule has 0 aliphatic carbocycles. The highest BCUT2D eigenvalue weighted by Crippen LogP contribution is 2.33. The maximum Gasteiger partial charge on any atom is 0.280 e. The minimum Gasteiger partial charge on any atom is -0.496 e. The fraction of sp³-hybridized carbons (Fsp3) is 0.273. The minimum atomic E-state index is -4.20. The summed E-state index contributed by atoms with van der Waals surface area (Å²) >= 11 is 0. The van der Waals surface area contributed by atoms with Crippen LogP contribution in [0.15, 0.2) is 53.4 Å². The van der Waals surface area contributed by atoms with Crippen molar-refractivity contribution in [3.63, 3.8) is 0 Å². The van der Waals surface area contributed by atoms with E-state index in [0.29, 0.717) is 17.3 Å². The molecule has 1 aliphatic heterocycles. The van der Waals surface area contributed by atoms with Gasteiger partial charge in [0.15, 0.2) is 5.82 Å². The quantitative estimate of drug-likeness (QED) is 0.338. The predicted octanol–water partition coefficient (Wildman–Crippen LogP) is 2.79. The van der Waals surface area contributed by atoms with Crippen LogP contribution in [0.25, 0.3) is 11.3 Å². The average molecular weight is 515 g/mol. The van der Waals surface area contributed by atoms with E-state index in [2.05, 4.69) is 10.2 Å². The SMILES string of the molecule is COc1ccccc1-c1ccc(N2CCN(S(=O)(=O)c3cc([N+](=O)[O-])c(C)c([N+](=O)[O-])c3)CC2)nn1. The molecule has 2 aromatic carbocycles. The second kappa shape index (κ2) is 9.83. The molecule has 1 fully saturated rings. The van der Waals surface area contributed by atoms with Crippen molar-refractivity contribution in [2.75, 3.05) is 38.2 Å². The molecule has 0 amide bonds. The molecular weight excluding hydrogens is 492 g/mol. The van der Waals surface area contributed by atoms with Crippen molar-refractivity contribution < 1.29 is 23.0 Å². The number of rotatable bonds is 7. The Hall–Kier alpha value is -4.17. The number of benzene rings is 2. The fourth-order valence-electron chi connectivity index (χ4n) is 3.99. The molecule has 1 aliphatic rings. The Labute approximate surface area is 206 Å². The Bertz CT molecular complexity index is 1390. The van der Waals surface area contributed by atoms with E-state index in [1.165, 1.54) is 6.92 Å². The maximum absolute atomic E-state index is 13.2. The third kappa shape index (κ3) is 4.67. The highest BCUT2D eigenvalue weighted by Gasteiger charge is 2.33. The Morgan fingerprint density at radius 1 is 0.917 bits per heavy atom. The molecule has 188 valence electrons. The molecule has 1 saturated heterocycles. The van der Waals surface area contributed by atoms with Gasteiger partial charge in [0, 0.05) is 43.9 Å². The van der Waals surface area contributed by atoms with Gasteiger partial charge in [-0.25, -0.2) is 8.42 Å². The summed E-state index contributed by atoms with van der Waals surface area (Å²) < 4.78 is 32.9. The van der Waals surface area contributed by atoms with Crippen molar-refractivity contribution in [1.29, 1.82) is 0 Å². The van der Waals surface area contributed by atoms with Gasteiger partial charge in [-0.1, -0.05) is 12.1 Å². The van der Waals surface area contributed by atoms with E-state index in [4.69, 9.17) is 4.74 Å². The molecule has 0 saturated carbocycles. The summed E-state index contributed by atoms with van der Waals surface area (Å²) in [7, 11) is -2.63. The molecule has 0 radical (unpaired) electrons. The van der Waals surface area contributed by atoms with Gasteiger partial charge in [0.1, 0.15) is 11.3 Å². The van der Waals surface area contributed by atoms with Gasteiger partial charge in [-0.05, 0) is 31.2 Å². The monoisotopic (exact) mass is 514 g/mol. The van der Waals surface area contributed by atoms with E-state index < -0.39 is 36.1 Å². The van der Waals surface area contributed by atoms with Crippen molar-refractivity contribution in [3.8, 4) is 17.0 Å². The molecule has 14 heteroatoms. The van der Waals surface area contributed by atoms with Crippen LogP contribution in [0.4, 0.5) is 17.2 Å². The van der Waals surface area contributed by atoms with Crippen LogP contribution in [0.5, 0.6) is 5.75 Å². The number of nitrogens with zero attached hydrogens (tertiary/aromatic N) is 6. The number of piperazine rings is 1. The van der Waals surface area contributed by atoms with Crippen LogP contribution in [-0.4, -0.2) is 66.1 Å². The maximum atomic E-state index is 13.2.